The Hall–Kier alpha value is -2.07. The molecular weight excluding hydrogens is 755 g/mol. The monoisotopic (exact) mass is 841 g/mol. The number of rotatable bonds is 43. The molecule has 0 fully saturated rings. The van der Waals surface area contributed by atoms with Crippen molar-refractivity contribution in [3.63, 3.8) is 0 Å². The Labute approximate surface area is 353 Å². The summed E-state index contributed by atoms with van der Waals surface area (Å²) in [4.78, 5) is 34.5. The molecule has 0 radical (unpaired) electrons. The summed E-state index contributed by atoms with van der Waals surface area (Å²) >= 11 is 0. The quantitative estimate of drug-likeness (QED) is 0.0234. The van der Waals surface area contributed by atoms with Gasteiger partial charge in [0.15, 0.2) is 0 Å². The topological polar surface area (TPSA) is 149 Å². The molecule has 0 rings (SSSR count). The third-order valence-corrected chi connectivity index (χ3v) is 10.8. The van der Waals surface area contributed by atoms with Crippen molar-refractivity contribution in [1.82, 2.24) is 0 Å². The van der Waals surface area contributed by atoms with Crippen LogP contribution in [0.2, 0.25) is 0 Å². The molecule has 338 valence electrons. The van der Waals surface area contributed by atoms with E-state index >= 15 is 0 Å². The second kappa shape index (κ2) is 43.0. The van der Waals surface area contributed by atoms with Crippen LogP contribution < -0.4 is 0 Å². The lowest BCUT2D eigenvalue weighted by molar-refractivity contribution is -0.153. The summed E-state index contributed by atoms with van der Waals surface area (Å²) in [6.45, 7) is 2.03. The van der Waals surface area contributed by atoms with Crippen molar-refractivity contribution in [2.24, 2.45) is 0 Å². The standard InChI is InChI=1S/C47H85O10P/c1-3-5-7-9-11-13-15-17-18-19-20-21-22-23-24-25-27-29-31-33-35-37-39-47(51)57-45(41-49)43-55-58(52,53)54-42-44(40-48)56-46(50)38-36-34-32-30-28-26-16-14-12-10-8-6-4-2/h6,8,12,14,26,28,32,34,44-45,48-49H,3-5,7,9-11,13,15-25,27,29-31,33,35-43H2,1-2H3,(H,52,53)/b8-6-,14-12-,28-26-,34-32-. The molecule has 58 heavy (non-hydrogen) atoms. The normalized spacial score (nSPS) is 14.2. The highest BCUT2D eigenvalue weighted by Crippen LogP contribution is 2.43. The number of phosphoric ester groups is 1. The van der Waals surface area contributed by atoms with Gasteiger partial charge in [-0.3, -0.25) is 18.6 Å². The van der Waals surface area contributed by atoms with Crippen molar-refractivity contribution in [1.29, 1.82) is 0 Å². The van der Waals surface area contributed by atoms with E-state index in [2.05, 4.69) is 44.2 Å². The van der Waals surface area contributed by atoms with Crippen molar-refractivity contribution in [2.75, 3.05) is 26.4 Å². The predicted molar refractivity (Wildman–Crippen MR) is 237 cm³/mol. The molecule has 11 heteroatoms. The molecule has 0 aliphatic rings. The Balaban J connectivity index is 3.88. The number of phosphoric acid groups is 1. The SMILES string of the molecule is CC/C=C\C/C=C\C/C=C\C/C=C\CCC(=O)OC(CO)COP(=O)(O)OCC(CO)OC(=O)CCCCCCCCCCCCCCCCCCCCCCCC. The van der Waals surface area contributed by atoms with Crippen LogP contribution in [0.25, 0.3) is 0 Å². The molecular formula is C47H85O10P. The molecule has 0 spiro atoms. The molecule has 0 saturated heterocycles. The number of aliphatic hydroxyl groups is 2. The second-order valence-corrected chi connectivity index (χ2v) is 16.8. The van der Waals surface area contributed by atoms with Crippen molar-refractivity contribution in [3.8, 4) is 0 Å². The van der Waals surface area contributed by atoms with Gasteiger partial charge in [0.1, 0.15) is 12.2 Å². The van der Waals surface area contributed by atoms with Gasteiger partial charge < -0.3 is 24.6 Å². The zero-order chi connectivity index (χ0) is 42.6. The van der Waals surface area contributed by atoms with E-state index in [0.29, 0.717) is 12.8 Å². The summed E-state index contributed by atoms with van der Waals surface area (Å²) in [6, 6.07) is 0. The number of ether oxygens (including phenoxy) is 2. The molecule has 0 aromatic carbocycles. The Morgan fingerprint density at radius 3 is 1.17 bits per heavy atom. The molecule has 3 atom stereocenters. The highest BCUT2D eigenvalue weighted by Gasteiger charge is 2.27. The molecule has 3 unspecified atom stereocenters. The summed E-state index contributed by atoms with van der Waals surface area (Å²) in [5.41, 5.74) is 0. The fourth-order valence-corrected chi connectivity index (χ4v) is 7.09. The maximum Gasteiger partial charge on any atom is 0.472 e. The summed E-state index contributed by atoms with van der Waals surface area (Å²) in [6.07, 6.45) is 46.9. The number of unbranched alkanes of at least 4 members (excludes halogenated alkanes) is 21. The lowest BCUT2D eigenvalue weighted by atomic mass is 10.0. The lowest BCUT2D eigenvalue weighted by Gasteiger charge is -2.20. The van der Waals surface area contributed by atoms with Crippen LogP contribution >= 0.6 is 7.82 Å². The van der Waals surface area contributed by atoms with Crippen molar-refractivity contribution in [3.05, 3.63) is 48.6 Å². The van der Waals surface area contributed by atoms with E-state index in [0.717, 1.165) is 44.9 Å². The van der Waals surface area contributed by atoms with Gasteiger partial charge in [-0.1, -0.05) is 197 Å². The zero-order valence-electron chi connectivity index (χ0n) is 36.8. The first-order valence-electron chi connectivity index (χ1n) is 23.1. The molecule has 0 bridgehead atoms. The Bertz CT molecular complexity index is 1110. The van der Waals surface area contributed by atoms with Gasteiger partial charge in [0.05, 0.1) is 26.4 Å². The number of hydrogen-bond donors (Lipinski definition) is 3. The zero-order valence-corrected chi connectivity index (χ0v) is 37.6. The van der Waals surface area contributed by atoms with Gasteiger partial charge in [-0.05, 0) is 38.5 Å². The number of carbonyl (C=O) groups excluding carboxylic acids is 2. The molecule has 0 amide bonds. The summed E-state index contributed by atoms with van der Waals surface area (Å²) in [5.74, 6) is -1.10. The highest BCUT2D eigenvalue weighted by molar-refractivity contribution is 7.47. The number of allylic oxidation sites excluding steroid dienone is 8. The molecule has 0 aliphatic heterocycles. The average Bonchev–Trinajstić information content (AvgIpc) is 3.21. The fourth-order valence-electron chi connectivity index (χ4n) is 6.31. The minimum atomic E-state index is -4.65. The van der Waals surface area contributed by atoms with E-state index in [1.807, 2.05) is 18.2 Å². The molecule has 0 saturated carbocycles. The number of esters is 2. The van der Waals surface area contributed by atoms with Crippen LogP contribution in [0.3, 0.4) is 0 Å². The van der Waals surface area contributed by atoms with Crippen LogP contribution in [0.1, 0.15) is 200 Å². The average molecular weight is 841 g/mol. The van der Waals surface area contributed by atoms with E-state index in [4.69, 9.17) is 18.5 Å². The van der Waals surface area contributed by atoms with Crippen LogP contribution in [0.4, 0.5) is 0 Å². The third-order valence-electron chi connectivity index (χ3n) is 9.82. The highest BCUT2D eigenvalue weighted by atomic mass is 31.2. The molecule has 0 aromatic heterocycles. The van der Waals surface area contributed by atoms with Crippen molar-refractivity contribution >= 4 is 19.8 Å². The van der Waals surface area contributed by atoms with E-state index in [-0.39, 0.29) is 12.8 Å². The number of carbonyl (C=O) groups is 2. The van der Waals surface area contributed by atoms with Crippen molar-refractivity contribution < 1.29 is 47.8 Å². The Morgan fingerprint density at radius 1 is 0.483 bits per heavy atom. The Kier molecular flexibility index (Phi) is 41.5. The van der Waals surface area contributed by atoms with Gasteiger partial charge in [0.2, 0.25) is 0 Å². The summed E-state index contributed by atoms with van der Waals surface area (Å²) < 4.78 is 32.5. The van der Waals surface area contributed by atoms with Crippen LogP contribution in [0, 0.1) is 0 Å². The lowest BCUT2D eigenvalue weighted by Crippen LogP contribution is -2.28. The first-order valence-corrected chi connectivity index (χ1v) is 24.6. The first kappa shape index (κ1) is 55.9. The third kappa shape index (κ3) is 40.7. The van der Waals surface area contributed by atoms with E-state index in [1.54, 1.807) is 0 Å². The second-order valence-electron chi connectivity index (χ2n) is 15.4. The first-order chi connectivity index (χ1) is 28.3. The van der Waals surface area contributed by atoms with E-state index in [1.165, 1.54) is 116 Å². The van der Waals surface area contributed by atoms with Gasteiger partial charge in [0.25, 0.3) is 0 Å². The van der Waals surface area contributed by atoms with Gasteiger partial charge >= 0.3 is 19.8 Å². The maximum absolute atomic E-state index is 12.4. The smallest absolute Gasteiger partial charge is 0.457 e. The van der Waals surface area contributed by atoms with Crippen LogP contribution in [-0.4, -0.2) is 65.7 Å². The van der Waals surface area contributed by atoms with E-state index < -0.39 is 58.4 Å². The van der Waals surface area contributed by atoms with Gasteiger partial charge in [0, 0.05) is 12.8 Å². The summed E-state index contributed by atoms with van der Waals surface area (Å²) in [5, 5.41) is 19.2. The van der Waals surface area contributed by atoms with Gasteiger partial charge in [-0.15, -0.1) is 0 Å². The van der Waals surface area contributed by atoms with Crippen LogP contribution in [-0.2, 0) is 32.7 Å². The van der Waals surface area contributed by atoms with Crippen LogP contribution in [0.5, 0.6) is 0 Å². The predicted octanol–water partition coefficient (Wildman–Crippen LogP) is 12.5. The summed E-state index contributed by atoms with van der Waals surface area (Å²) in [7, 11) is -4.65. The minimum absolute atomic E-state index is 0.0706. The molecule has 10 nitrogen and oxygen atoms in total. The molecule has 3 N–H and O–H groups in total. The largest absolute Gasteiger partial charge is 0.472 e. The van der Waals surface area contributed by atoms with Crippen molar-refractivity contribution in [2.45, 2.75) is 212 Å². The molecule has 0 heterocycles. The number of hydrogen-bond acceptors (Lipinski definition) is 9. The molecule has 0 aliphatic carbocycles. The maximum atomic E-state index is 12.4. The van der Waals surface area contributed by atoms with E-state index in [9.17, 15) is 29.3 Å². The van der Waals surface area contributed by atoms with Gasteiger partial charge in [-0.2, -0.15) is 0 Å². The van der Waals surface area contributed by atoms with Gasteiger partial charge in [-0.25, -0.2) is 4.57 Å². The minimum Gasteiger partial charge on any atom is -0.457 e. The number of aliphatic hydroxyl groups excluding tert-OH is 2. The molecule has 0 aromatic rings. The Morgan fingerprint density at radius 2 is 0.810 bits per heavy atom. The fraction of sp³-hybridized carbons (Fsp3) is 0.787. The van der Waals surface area contributed by atoms with Crippen LogP contribution in [0.15, 0.2) is 48.6 Å².